The summed E-state index contributed by atoms with van der Waals surface area (Å²) in [6, 6.07) is 9.76. The Morgan fingerprint density at radius 1 is 1.28 bits per heavy atom. The summed E-state index contributed by atoms with van der Waals surface area (Å²) in [5.41, 5.74) is 0.403. The van der Waals surface area contributed by atoms with Crippen molar-refractivity contribution in [3.63, 3.8) is 0 Å². The van der Waals surface area contributed by atoms with Crippen LogP contribution >= 0.6 is 0 Å². The number of amides is 1. The number of benzene rings is 1. The highest BCUT2D eigenvalue weighted by molar-refractivity contribution is 5.90. The van der Waals surface area contributed by atoms with E-state index in [1.165, 1.54) is 0 Å². The molecule has 3 nitrogen and oxygen atoms in total. The Morgan fingerprint density at radius 3 is 2.61 bits per heavy atom. The van der Waals surface area contributed by atoms with E-state index < -0.39 is 5.60 Å². The molecule has 1 N–H and O–H groups in total. The molecule has 0 saturated heterocycles. The molecule has 1 aliphatic heterocycles. The van der Waals surface area contributed by atoms with Gasteiger partial charge in [-0.1, -0.05) is 36.4 Å². The van der Waals surface area contributed by atoms with E-state index in [4.69, 9.17) is 0 Å². The van der Waals surface area contributed by atoms with Crippen LogP contribution in [-0.2, 0) is 11.3 Å². The molecule has 1 fully saturated rings. The minimum atomic E-state index is -0.697. The van der Waals surface area contributed by atoms with Crippen LogP contribution < -0.4 is 0 Å². The SMILES string of the molecule is O=C1C=C[C@H](C2(O)CCC2)N1Cc1ccccc1. The van der Waals surface area contributed by atoms with Crippen LogP contribution in [0.1, 0.15) is 24.8 Å². The molecule has 1 aliphatic carbocycles. The van der Waals surface area contributed by atoms with Gasteiger partial charge in [0.2, 0.25) is 5.91 Å². The molecule has 1 aromatic carbocycles. The van der Waals surface area contributed by atoms with E-state index in [1.54, 1.807) is 11.0 Å². The maximum absolute atomic E-state index is 11.9. The third kappa shape index (κ3) is 1.85. The highest BCUT2D eigenvalue weighted by atomic mass is 16.3. The molecule has 1 amide bonds. The quantitative estimate of drug-likeness (QED) is 0.880. The smallest absolute Gasteiger partial charge is 0.247 e. The minimum Gasteiger partial charge on any atom is -0.387 e. The lowest BCUT2D eigenvalue weighted by molar-refractivity contribution is -0.137. The largest absolute Gasteiger partial charge is 0.387 e. The van der Waals surface area contributed by atoms with Crippen LogP contribution in [0.5, 0.6) is 0 Å². The fourth-order valence-corrected chi connectivity index (χ4v) is 2.77. The molecular formula is C15H17NO2. The first-order chi connectivity index (χ1) is 8.69. The first kappa shape index (κ1) is 11.5. The summed E-state index contributed by atoms with van der Waals surface area (Å²) in [5.74, 6) is 0.00387. The lowest BCUT2D eigenvalue weighted by atomic mass is 9.74. The van der Waals surface area contributed by atoms with Gasteiger partial charge in [-0.25, -0.2) is 0 Å². The van der Waals surface area contributed by atoms with Crippen LogP contribution in [-0.4, -0.2) is 27.6 Å². The molecule has 2 aliphatic rings. The van der Waals surface area contributed by atoms with Gasteiger partial charge in [0.1, 0.15) is 0 Å². The third-order valence-corrected chi connectivity index (χ3v) is 4.01. The number of carbonyl (C=O) groups excluding carboxylic acids is 1. The van der Waals surface area contributed by atoms with Crippen molar-refractivity contribution < 1.29 is 9.90 Å². The van der Waals surface area contributed by atoms with Gasteiger partial charge in [-0.3, -0.25) is 4.79 Å². The second-order valence-corrected chi connectivity index (χ2v) is 5.21. The molecule has 3 rings (SSSR count). The van der Waals surface area contributed by atoms with Crippen molar-refractivity contribution in [2.24, 2.45) is 0 Å². The number of hydrogen-bond donors (Lipinski definition) is 1. The normalized spacial score (nSPS) is 25.3. The van der Waals surface area contributed by atoms with Gasteiger partial charge in [0, 0.05) is 12.6 Å². The Morgan fingerprint density at radius 2 is 2.00 bits per heavy atom. The van der Waals surface area contributed by atoms with Crippen LogP contribution in [0.15, 0.2) is 42.5 Å². The van der Waals surface area contributed by atoms with Crippen molar-refractivity contribution in [2.75, 3.05) is 0 Å². The molecule has 0 radical (unpaired) electrons. The zero-order chi connectivity index (χ0) is 12.6. The second-order valence-electron chi connectivity index (χ2n) is 5.21. The molecule has 1 saturated carbocycles. The van der Waals surface area contributed by atoms with Crippen LogP contribution in [0.3, 0.4) is 0 Å². The molecule has 1 atom stereocenters. The number of hydrogen-bond acceptors (Lipinski definition) is 2. The van der Waals surface area contributed by atoms with E-state index in [0.29, 0.717) is 6.54 Å². The number of aliphatic hydroxyl groups is 1. The number of carbonyl (C=O) groups is 1. The summed E-state index contributed by atoms with van der Waals surface area (Å²) in [6.07, 6.45) is 6.07. The number of nitrogens with zero attached hydrogens (tertiary/aromatic N) is 1. The summed E-state index contributed by atoms with van der Waals surface area (Å²) in [5, 5.41) is 10.4. The molecule has 0 spiro atoms. The van der Waals surface area contributed by atoms with Gasteiger partial charge in [-0.15, -0.1) is 0 Å². The zero-order valence-corrected chi connectivity index (χ0v) is 10.2. The van der Waals surface area contributed by atoms with Crippen molar-refractivity contribution in [1.29, 1.82) is 0 Å². The van der Waals surface area contributed by atoms with Crippen molar-refractivity contribution in [1.82, 2.24) is 4.90 Å². The second kappa shape index (κ2) is 4.25. The Kier molecular flexibility index (Phi) is 2.71. The highest BCUT2D eigenvalue weighted by Crippen LogP contribution is 2.39. The average Bonchev–Trinajstić information content (AvgIpc) is 2.70. The van der Waals surface area contributed by atoms with Crippen molar-refractivity contribution in [3.8, 4) is 0 Å². The van der Waals surface area contributed by atoms with Crippen LogP contribution in [0.4, 0.5) is 0 Å². The van der Waals surface area contributed by atoms with Gasteiger partial charge in [0.25, 0.3) is 0 Å². The summed E-state index contributed by atoms with van der Waals surface area (Å²) < 4.78 is 0. The molecule has 94 valence electrons. The molecular weight excluding hydrogens is 226 g/mol. The molecule has 1 heterocycles. The maximum atomic E-state index is 11.9. The van der Waals surface area contributed by atoms with Gasteiger partial charge >= 0.3 is 0 Å². The minimum absolute atomic E-state index is 0.00387. The molecule has 18 heavy (non-hydrogen) atoms. The zero-order valence-electron chi connectivity index (χ0n) is 10.2. The monoisotopic (exact) mass is 243 g/mol. The Labute approximate surface area is 107 Å². The highest BCUT2D eigenvalue weighted by Gasteiger charge is 2.46. The van der Waals surface area contributed by atoms with E-state index in [9.17, 15) is 9.90 Å². The predicted octanol–water partition coefficient (Wildman–Crippen LogP) is 1.87. The molecule has 0 unspecified atom stereocenters. The molecule has 0 aromatic heterocycles. The Hall–Kier alpha value is -1.61. The van der Waals surface area contributed by atoms with Gasteiger partial charge in [0.15, 0.2) is 0 Å². The Balaban J connectivity index is 1.79. The topological polar surface area (TPSA) is 40.5 Å². The van der Waals surface area contributed by atoms with E-state index in [2.05, 4.69) is 0 Å². The first-order valence-electron chi connectivity index (χ1n) is 6.44. The van der Waals surface area contributed by atoms with Crippen LogP contribution in [0.2, 0.25) is 0 Å². The van der Waals surface area contributed by atoms with Gasteiger partial charge in [-0.05, 0) is 24.8 Å². The van der Waals surface area contributed by atoms with Gasteiger partial charge in [-0.2, -0.15) is 0 Å². The molecule has 0 bridgehead atoms. The predicted molar refractivity (Wildman–Crippen MR) is 68.7 cm³/mol. The van der Waals surface area contributed by atoms with Crippen LogP contribution in [0, 0.1) is 0 Å². The summed E-state index contributed by atoms with van der Waals surface area (Å²) in [4.78, 5) is 13.7. The van der Waals surface area contributed by atoms with Crippen molar-refractivity contribution in [2.45, 2.75) is 37.5 Å². The van der Waals surface area contributed by atoms with Crippen LogP contribution in [0.25, 0.3) is 0 Å². The summed E-state index contributed by atoms with van der Waals surface area (Å²) in [6.45, 7) is 0.569. The fourth-order valence-electron chi connectivity index (χ4n) is 2.77. The maximum Gasteiger partial charge on any atom is 0.247 e. The first-order valence-corrected chi connectivity index (χ1v) is 6.44. The van der Waals surface area contributed by atoms with Gasteiger partial charge < -0.3 is 10.0 Å². The lowest BCUT2D eigenvalue weighted by Crippen LogP contribution is -2.54. The van der Waals surface area contributed by atoms with E-state index in [1.807, 2.05) is 36.4 Å². The van der Waals surface area contributed by atoms with Crippen molar-refractivity contribution in [3.05, 3.63) is 48.0 Å². The number of rotatable bonds is 3. The van der Waals surface area contributed by atoms with E-state index in [-0.39, 0.29) is 11.9 Å². The summed E-state index contributed by atoms with van der Waals surface area (Å²) in [7, 11) is 0. The fraction of sp³-hybridized carbons (Fsp3) is 0.400. The van der Waals surface area contributed by atoms with Crippen molar-refractivity contribution >= 4 is 5.91 Å². The Bertz CT molecular complexity index is 477. The third-order valence-electron chi connectivity index (χ3n) is 4.01. The summed E-state index contributed by atoms with van der Waals surface area (Å²) >= 11 is 0. The van der Waals surface area contributed by atoms with E-state index in [0.717, 1.165) is 24.8 Å². The van der Waals surface area contributed by atoms with Gasteiger partial charge in [0.05, 0.1) is 11.6 Å². The standard InChI is InChI=1S/C15H17NO2/c17-14-8-7-13(15(18)9-4-10-15)16(14)11-12-5-2-1-3-6-12/h1-3,5-8,13,18H,4,9-11H2/t13-/m1/s1. The molecule has 1 aromatic rings. The average molecular weight is 243 g/mol. The van der Waals surface area contributed by atoms with E-state index >= 15 is 0 Å². The molecule has 3 heteroatoms. The lowest BCUT2D eigenvalue weighted by Gasteiger charge is -2.44.